The number of sulfonamides is 2. The lowest BCUT2D eigenvalue weighted by Crippen LogP contribution is -2.31. The number of aliphatic hydroxyl groups excluding tert-OH is 1. The molecule has 1 amide bonds. The fourth-order valence-electron chi connectivity index (χ4n) is 2.42. The van der Waals surface area contributed by atoms with Gasteiger partial charge in [-0.3, -0.25) is 4.79 Å². The van der Waals surface area contributed by atoms with Crippen LogP contribution in [0.3, 0.4) is 0 Å². The van der Waals surface area contributed by atoms with Gasteiger partial charge >= 0.3 is 0 Å². The van der Waals surface area contributed by atoms with Gasteiger partial charge in [-0.05, 0) is 47.4 Å². The van der Waals surface area contributed by atoms with Gasteiger partial charge in [0, 0.05) is 12.1 Å². The second kappa shape index (κ2) is 8.62. The molecule has 29 heavy (non-hydrogen) atoms. The molecule has 2 aromatic carbocycles. The van der Waals surface area contributed by atoms with E-state index in [1.165, 1.54) is 0 Å². The summed E-state index contributed by atoms with van der Waals surface area (Å²) >= 11 is 0. The Labute approximate surface area is 171 Å². The molecule has 0 atom stereocenters. The number of hydrogen-bond acceptors (Lipinski definition) is 6. The molecule has 0 spiro atoms. The van der Waals surface area contributed by atoms with Crippen LogP contribution in [0.15, 0.2) is 58.3 Å². The van der Waals surface area contributed by atoms with E-state index in [-0.39, 0.29) is 33.9 Å². The van der Waals surface area contributed by atoms with Crippen LogP contribution in [0.5, 0.6) is 0 Å². The molecule has 158 valence electrons. The van der Waals surface area contributed by atoms with Crippen molar-refractivity contribution in [1.82, 2.24) is 9.44 Å². The number of aliphatic hydroxyl groups is 1. The highest BCUT2D eigenvalue weighted by Crippen LogP contribution is 2.22. The lowest BCUT2D eigenvalue weighted by atomic mass is 9.87. The molecule has 0 unspecified atom stereocenters. The summed E-state index contributed by atoms with van der Waals surface area (Å²) in [6.07, 6.45) is 0. The summed E-state index contributed by atoms with van der Waals surface area (Å²) in [6.45, 7) is 5.54. The van der Waals surface area contributed by atoms with Crippen molar-refractivity contribution in [3.05, 3.63) is 59.7 Å². The Morgan fingerprint density at radius 1 is 0.862 bits per heavy atom. The van der Waals surface area contributed by atoms with Crippen molar-refractivity contribution in [1.29, 1.82) is 0 Å². The Morgan fingerprint density at radius 3 is 1.79 bits per heavy atom. The SMILES string of the molecule is CC(C)(C)c1ccc(C(=O)NS(=O)(=O)c2ccc(S(=O)(=O)NCCO)cc2)cc1. The van der Waals surface area contributed by atoms with Crippen LogP contribution in [0.2, 0.25) is 0 Å². The first-order chi connectivity index (χ1) is 13.4. The van der Waals surface area contributed by atoms with Crippen molar-refractivity contribution in [2.75, 3.05) is 13.2 Å². The van der Waals surface area contributed by atoms with E-state index in [9.17, 15) is 21.6 Å². The van der Waals surface area contributed by atoms with E-state index in [1.807, 2.05) is 25.5 Å². The third kappa shape index (κ3) is 5.86. The molecule has 0 heterocycles. The maximum absolute atomic E-state index is 12.4. The molecule has 3 N–H and O–H groups in total. The summed E-state index contributed by atoms with van der Waals surface area (Å²) in [6, 6.07) is 11.0. The van der Waals surface area contributed by atoms with Crippen LogP contribution in [0.1, 0.15) is 36.7 Å². The molecule has 0 aliphatic rings. The van der Waals surface area contributed by atoms with E-state index in [0.717, 1.165) is 29.8 Å². The first-order valence-electron chi connectivity index (χ1n) is 8.75. The zero-order valence-electron chi connectivity index (χ0n) is 16.3. The second-order valence-electron chi connectivity index (χ2n) is 7.35. The Kier molecular flexibility index (Phi) is 6.84. The van der Waals surface area contributed by atoms with Gasteiger partial charge in [0.1, 0.15) is 0 Å². The average Bonchev–Trinajstić information content (AvgIpc) is 2.65. The van der Waals surface area contributed by atoms with E-state index < -0.39 is 26.0 Å². The second-order valence-corrected chi connectivity index (χ2v) is 10.8. The highest BCUT2D eigenvalue weighted by Gasteiger charge is 2.21. The van der Waals surface area contributed by atoms with Gasteiger partial charge in [-0.15, -0.1) is 0 Å². The van der Waals surface area contributed by atoms with Crippen LogP contribution < -0.4 is 9.44 Å². The van der Waals surface area contributed by atoms with E-state index in [2.05, 4.69) is 4.72 Å². The molecule has 0 aliphatic heterocycles. The van der Waals surface area contributed by atoms with Gasteiger partial charge in [0.2, 0.25) is 10.0 Å². The van der Waals surface area contributed by atoms with Gasteiger partial charge in [0.25, 0.3) is 15.9 Å². The smallest absolute Gasteiger partial charge is 0.264 e. The van der Waals surface area contributed by atoms with Crippen molar-refractivity contribution >= 4 is 26.0 Å². The van der Waals surface area contributed by atoms with Gasteiger partial charge in [0.15, 0.2) is 0 Å². The van der Waals surface area contributed by atoms with Crippen molar-refractivity contribution in [2.24, 2.45) is 0 Å². The summed E-state index contributed by atoms with van der Waals surface area (Å²) in [5, 5.41) is 8.71. The molecule has 0 bridgehead atoms. The van der Waals surface area contributed by atoms with Crippen LogP contribution in [0, 0.1) is 0 Å². The Morgan fingerprint density at radius 2 is 1.34 bits per heavy atom. The molecule has 0 saturated carbocycles. The van der Waals surface area contributed by atoms with Gasteiger partial charge in [-0.2, -0.15) is 0 Å². The van der Waals surface area contributed by atoms with Gasteiger partial charge in [0.05, 0.1) is 16.4 Å². The molecule has 0 saturated heterocycles. The van der Waals surface area contributed by atoms with Crippen LogP contribution in [-0.4, -0.2) is 41.0 Å². The zero-order valence-corrected chi connectivity index (χ0v) is 18.0. The monoisotopic (exact) mass is 440 g/mol. The number of carbonyl (C=O) groups excluding carboxylic acids is 1. The van der Waals surface area contributed by atoms with Crippen LogP contribution in [0.4, 0.5) is 0 Å². The first kappa shape index (κ1) is 23.0. The van der Waals surface area contributed by atoms with E-state index >= 15 is 0 Å². The predicted octanol–water partition coefficient (Wildman–Crippen LogP) is 1.37. The topological polar surface area (TPSA) is 130 Å². The van der Waals surface area contributed by atoms with Gasteiger partial charge < -0.3 is 5.11 Å². The molecule has 2 aromatic rings. The quantitative estimate of drug-likeness (QED) is 0.596. The van der Waals surface area contributed by atoms with Crippen LogP contribution >= 0.6 is 0 Å². The van der Waals surface area contributed by atoms with Gasteiger partial charge in [-0.1, -0.05) is 32.9 Å². The van der Waals surface area contributed by atoms with Crippen LogP contribution in [-0.2, 0) is 25.5 Å². The predicted molar refractivity (Wildman–Crippen MR) is 109 cm³/mol. The summed E-state index contributed by atoms with van der Waals surface area (Å²) in [5.41, 5.74) is 1.09. The molecule has 10 heteroatoms. The van der Waals surface area contributed by atoms with E-state index in [1.54, 1.807) is 24.3 Å². The third-order valence-electron chi connectivity index (χ3n) is 4.09. The maximum Gasteiger partial charge on any atom is 0.264 e. The van der Waals surface area contributed by atoms with Gasteiger partial charge in [-0.25, -0.2) is 26.3 Å². The average molecular weight is 441 g/mol. The summed E-state index contributed by atoms with van der Waals surface area (Å²) < 4.78 is 53.0. The number of benzene rings is 2. The molecule has 0 radical (unpaired) electrons. The fourth-order valence-corrected chi connectivity index (χ4v) is 4.42. The number of rotatable bonds is 7. The largest absolute Gasteiger partial charge is 0.395 e. The van der Waals surface area contributed by atoms with E-state index in [0.29, 0.717) is 0 Å². The number of hydrogen-bond donors (Lipinski definition) is 3. The molecule has 0 aliphatic carbocycles. The normalized spacial score (nSPS) is 12.6. The minimum absolute atomic E-state index is 0.102. The summed E-state index contributed by atoms with van der Waals surface area (Å²) in [5.74, 6) is -0.785. The summed E-state index contributed by atoms with van der Waals surface area (Å²) in [7, 11) is -8.04. The number of amides is 1. The maximum atomic E-state index is 12.4. The molecule has 2 rings (SSSR count). The lowest BCUT2D eigenvalue weighted by molar-refractivity contribution is 0.0981. The number of nitrogens with one attached hydrogen (secondary N) is 2. The molecular formula is C19H24N2O6S2. The minimum atomic E-state index is -4.18. The van der Waals surface area contributed by atoms with E-state index in [4.69, 9.17) is 5.11 Å². The van der Waals surface area contributed by atoms with Crippen molar-refractivity contribution < 1.29 is 26.7 Å². The standard InChI is InChI=1S/C19H24N2O6S2/c1-19(2,3)15-6-4-14(5-7-15)18(23)21-29(26,27)17-10-8-16(9-11-17)28(24,25)20-12-13-22/h4-11,20,22H,12-13H2,1-3H3,(H,21,23). The van der Waals surface area contributed by atoms with Crippen molar-refractivity contribution in [3.63, 3.8) is 0 Å². The Bertz CT molecular complexity index is 1070. The highest BCUT2D eigenvalue weighted by atomic mass is 32.2. The van der Waals surface area contributed by atoms with Crippen LogP contribution in [0.25, 0.3) is 0 Å². The highest BCUT2D eigenvalue weighted by molar-refractivity contribution is 7.90. The molecule has 0 fully saturated rings. The Balaban J connectivity index is 2.17. The van der Waals surface area contributed by atoms with Crippen molar-refractivity contribution in [3.8, 4) is 0 Å². The molecular weight excluding hydrogens is 416 g/mol. The first-order valence-corrected chi connectivity index (χ1v) is 11.7. The zero-order chi connectivity index (χ0) is 21.9. The summed E-state index contributed by atoms with van der Waals surface area (Å²) in [4.78, 5) is 11.9. The third-order valence-corrected chi connectivity index (χ3v) is 6.91. The minimum Gasteiger partial charge on any atom is -0.395 e. The number of carbonyl (C=O) groups is 1. The molecule has 8 nitrogen and oxygen atoms in total. The van der Waals surface area contributed by atoms with Crippen molar-refractivity contribution in [2.45, 2.75) is 36.0 Å². The Hall–Kier alpha value is -2.27. The lowest BCUT2D eigenvalue weighted by Gasteiger charge is -2.19. The fraction of sp³-hybridized carbons (Fsp3) is 0.316. The molecule has 0 aromatic heterocycles.